The zero-order valence-corrected chi connectivity index (χ0v) is 34.2. The maximum atomic E-state index is 14.6. The number of nitrogens with one attached hydrogen (secondary N) is 4. The number of halogens is 1. The number of rotatable bonds is 18. The summed E-state index contributed by atoms with van der Waals surface area (Å²) >= 11 is 0. The molecular weight excluding hydrogens is 732 g/mol. The second kappa shape index (κ2) is 19.5. The summed E-state index contributed by atoms with van der Waals surface area (Å²) < 4.78 is 20.0. The van der Waals surface area contributed by atoms with Gasteiger partial charge in [-0.1, -0.05) is 26.0 Å². The van der Waals surface area contributed by atoms with Gasteiger partial charge in [-0.2, -0.15) is 0 Å². The molecule has 0 fully saturated rings. The van der Waals surface area contributed by atoms with E-state index >= 15 is 0 Å². The molecule has 1 atom stereocenters. The molecule has 1 aromatic heterocycles. The number of hydrogen-bond donors (Lipinski definition) is 4. The van der Waals surface area contributed by atoms with Crippen molar-refractivity contribution in [1.29, 1.82) is 0 Å². The number of carbonyl (C=O) groups excluding carboxylic acids is 6. The average Bonchev–Trinajstić information content (AvgIpc) is 3.56. The molecule has 14 heteroatoms. The summed E-state index contributed by atoms with van der Waals surface area (Å²) in [5, 5.41) is 8.39. The number of likely N-dealkylation sites (N-methyl/N-ethyl adjacent to an activating group) is 1. The van der Waals surface area contributed by atoms with Crippen LogP contribution in [-0.2, 0) is 35.3 Å². The Labute approximate surface area is 333 Å². The maximum Gasteiger partial charge on any atom is 0.306 e. The second-order valence-corrected chi connectivity index (χ2v) is 15.2. The molecule has 2 heterocycles. The van der Waals surface area contributed by atoms with Gasteiger partial charge in [0.2, 0.25) is 11.8 Å². The highest BCUT2D eigenvalue weighted by Gasteiger charge is 2.33. The van der Waals surface area contributed by atoms with Crippen LogP contribution in [0, 0.1) is 19.7 Å². The Balaban J connectivity index is 1.49. The molecule has 0 saturated carbocycles. The van der Waals surface area contributed by atoms with Crippen molar-refractivity contribution in [2.75, 3.05) is 36.4 Å². The highest BCUT2D eigenvalue weighted by atomic mass is 19.1. The summed E-state index contributed by atoms with van der Waals surface area (Å²) in [5.74, 6) is -2.80. The van der Waals surface area contributed by atoms with Crippen molar-refractivity contribution in [3.05, 3.63) is 81.9 Å². The van der Waals surface area contributed by atoms with Gasteiger partial charge < -0.3 is 40.3 Å². The van der Waals surface area contributed by atoms with Gasteiger partial charge in [0.25, 0.3) is 11.8 Å². The Morgan fingerprint density at radius 2 is 1.67 bits per heavy atom. The molecule has 306 valence electrons. The van der Waals surface area contributed by atoms with E-state index in [4.69, 9.17) is 4.74 Å². The Morgan fingerprint density at radius 1 is 0.982 bits per heavy atom. The van der Waals surface area contributed by atoms with E-state index in [0.717, 1.165) is 19.6 Å². The van der Waals surface area contributed by atoms with Gasteiger partial charge in [-0.25, -0.2) is 4.39 Å². The number of amides is 4. The first-order valence-electron chi connectivity index (χ1n) is 19.3. The van der Waals surface area contributed by atoms with Gasteiger partial charge >= 0.3 is 5.97 Å². The number of ether oxygens (including phenoxy) is 1. The van der Waals surface area contributed by atoms with Crippen molar-refractivity contribution in [3.63, 3.8) is 0 Å². The topological polar surface area (TPSA) is 170 Å². The van der Waals surface area contributed by atoms with Crippen LogP contribution in [0.15, 0.2) is 42.5 Å². The molecule has 4 amide bonds. The number of ketones is 1. The first-order chi connectivity index (χ1) is 26.9. The standard InChI is InChI=1S/C43H55FN6O7/c1-9-49(10-2)22-21-45-41(55)39-27(4)35(46-28(39)5)24-33-32-23-30(44)14-18-36(32)50(42(33)56)25-29-12-15-31(16-13-29)47-40(54)34(48-37(52)19-11-26(3)51)17-20-38(53)57-43(6,7)8/h12-16,18,23-24,34,46H,9-11,17,19-22,25H2,1-8H3,(H,45,55)(H,47,54)(H,48,52)/b33-24-/t34-/m1/s1. The van der Waals surface area contributed by atoms with E-state index < -0.39 is 35.2 Å². The van der Waals surface area contributed by atoms with Crippen molar-refractivity contribution in [1.82, 2.24) is 20.5 Å². The molecule has 0 bridgehead atoms. The summed E-state index contributed by atoms with van der Waals surface area (Å²) in [6.45, 7) is 17.4. The van der Waals surface area contributed by atoms with Gasteiger partial charge in [0.1, 0.15) is 23.2 Å². The summed E-state index contributed by atoms with van der Waals surface area (Å²) in [4.78, 5) is 83.9. The largest absolute Gasteiger partial charge is 0.460 e. The van der Waals surface area contributed by atoms with Crippen LogP contribution in [0.1, 0.15) is 106 Å². The number of hydrogen-bond acceptors (Lipinski definition) is 8. The van der Waals surface area contributed by atoms with E-state index in [1.165, 1.54) is 19.1 Å². The minimum absolute atomic E-state index is 0.0203. The van der Waals surface area contributed by atoms with Crippen LogP contribution in [0.3, 0.4) is 0 Å². The number of Topliss-reactive ketones (excluding diaryl/α,β-unsaturated/α-hetero) is 1. The molecule has 0 saturated heterocycles. The van der Waals surface area contributed by atoms with Crippen molar-refractivity contribution >= 4 is 58.4 Å². The lowest BCUT2D eigenvalue weighted by Gasteiger charge is -2.22. The third-order valence-electron chi connectivity index (χ3n) is 9.59. The van der Waals surface area contributed by atoms with Crippen LogP contribution < -0.4 is 20.9 Å². The van der Waals surface area contributed by atoms with Gasteiger partial charge in [0.05, 0.1) is 23.4 Å². The van der Waals surface area contributed by atoms with Crippen LogP contribution in [0.25, 0.3) is 11.6 Å². The minimum Gasteiger partial charge on any atom is -0.460 e. The highest BCUT2D eigenvalue weighted by molar-refractivity contribution is 6.35. The number of nitrogens with zero attached hydrogens (tertiary/aromatic N) is 2. The lowest BCUT2D eigenvalue weighted by Crippen LogP contribution is -2.44. The molecule has 4 rings (SSSR count). The molecular formula is C43H55FN6O7. The number of H-pyrrole nitrogens is 1. The number of carbonyl (C=O) groups is 6. The number of esters is 1. The summed E-state index contributed by atoms with van der Waals surface area (Å²) in [5.41, 5.74) is 4.01. The molecule has 2 aromatic carbocycles. The van der Waals surface area contributed by atoms with Crippen LogP contribution in [0.5, 0.6) is 0 Å². The quantitative estimate of drug-likeness (QED) is 0.0921. The Morgan fingerprint density at radius 3 is 2.30 bits per heavy atom. The lowest BCUT2D eigenvalue weighted by molar-refractivity contribution is -0.155. The van der Waals surface area contributed by atoms with Crippen LogP contribution in [-0.4, -0.2) is 83.1 Å². The van der Waals surface area contributed by atoms with E-state index in [1.807, 2.05) is 6.92 Å². The van der Waals surface area contributed by atoms with Gasteiger partial charge in [-0.05, 0) is 109 Å². The molecule has 0 unspecified atom stereocenters. The van der Waals surface area contributed by atoms with Crippen molar-refractivity contribution in [2.45, 2.75) is 99.3 Å². The summed E-state index contributed by atoms with van der Waals surface area (Å²) in [6, 6.07) is 9.87. The third kappa shape index (κ3) is 12.2. The number of anilines is 2. The van der Waals surface area contributed by atoms with Gasteiger partial charge in [-0.3, -0.25) is 24.0 Å². The van der Waals surface area contributed by atoms with E-state index in [2.05, 4.69) is 39.7 Å². The zero-order valence-electron chi connectivity index (χ0n) is 34.2. The van der Waals surface area contributed by atoms with E-state index in [1.54, 1.807) is 69.0 Å². The van der Waals surface area contributed by atoms with Crippen molar-refractivity contribution in [3.8, 4) is 0 Å². The third-order valence-corrected chi connectivity index (χ3v) is 9.59. The van der Waals surface area contributed by atoms with Crippen molar-refractivity contribution in [2.24, 2.45) is 0 Å². The molecule has 1 aliphatic rings. The van der Waals surface area contributed by atoms with Gasteiger partial charge in [0, 0.05) is 55.0 Å². The van der Waals surface area contributed by atoms with E-state index in [-0.39, 0.29) is 55.4 Å². The summed E-state index contributed by atoms with van der Waals surface area (Å²) in [6.07, 6.45) is 1.44. The van der Waals surface area contributed by atoms with E-state index in [0.29, 0.717) is 51.6 Å². The first kappa shape index (κ1) is 44.1. The predicted molar refractivity (Wildman–Crippen MR) is 218 cm³/mol. The number of aromatic nitrogens is 1. The Kier molecular flexibility index (Phi) is 15.1. The number of benzene rings is 2. The normalized spacial score (nSPS) is 13.8. The smallest absolute Gasteiger partial charge is 0.306 e. The van der Waals surface area contributed by atoms with E-state index in [9.17, 15) is 33.2 Å². The Bertz CT molecular complexity index is 2010. The molecule has 13 nitrogen and oxygen atoms in total. The molecule has 3 aromatic rings. The van der Waals surface area contributed by atoms with Gasteiger partial charge in [-0.15, -0.1) is 0 Å². The average molecular weight is 787 g/mol. The minimum atomic E-state index is -1.07. The fraction of sp³-hybridized carbons (Fsp3) is 0.442. The fourth-order valence-corrected chi connectivity index (χ4v) is 6.57. The SMILES string of the molecule is CCN(CC)CCNC(=O)c1c(C)[nH]c(/C=C2\C(=O)N(Cc3ccc(NC(=O)[C@@H](CCC(=O)OC(C)(C)C)NC(=O)CCC(C)=O)cc3)c3ccc(F)cc32)c1C. The molecule has 57 heavy (non-hydrogen) atoms. The summed E-state index contributed by atoms with van der Waals surface area (Å²) in [7, 11) is 0. The van der Waals surface area contributed by atoms with Crippen LogP contribution >= 0.6 is 0 Å². The molecule has 0 aliphatic carbocycles. The monoisotopic (exact) mass is 786 g/mol. The van der Waals surface area contributed by atoms with Crippen molar-refractivity contribution < 1.29 is 37.9 Å². The lowest BCUT2D eigenvalue weighted by atomic mass is 10.0. The fourth-order valence-electron chi connectivity index (χ4n) is 6.57. The zero-order chi connectivity index (χ0) is 42.0. The second-order valence-electron chi connectivity index (χ2n) is 15.2. The predicted octanol–water partition coefficient (Wildman–Crippen LogP) is 5.84. The molecule has 0 spiro atoms. The maximum absolute atomic E-state index is 14.6. The van der Waals surface area contributed by atoms with Crippen LogP contribution in [0.2, 0.25) is 0 Å². The number of fused-ring (bicyclic) bond motifs is 1. The molecule has 0 radical (unpaired) electrons. The highest BCUT2D eigenvalue weighted by Crippen LogP contribution is 2.39. The Hall–Kier alpha value is -5.63. The number of aryl methyl sites for hydroxylation is 1. The molecule has 4 N–H and O–H groups in total. The number of aromatic amines is 1. The first-order valence-corrected chi connectivity index (χ1v) is 19.3. The van der Waals surface area contributed by atoms with Gasteiger partial charge in [0.15, 0.2) is 0 Å². The van der Waals surface area contributed by atoms with Crippen LogP contribution in [0.4, 0.5) is 15.8 Å². The molecule has 1 aliphatic heterocycles.